The number of halogens is 2. The predicted octanol–water partition coefficient (Wildman–Crippen LogP) is 1.44. The first-order valence-electron chi connectivity index (χ1n) is 7.06. The number of likely N-dealkylation sites (tertiary alicyclic amines) is 1. The second-order valence-electron chi connectivity index (χ2n) is 5.25. The van der Waals surface area contributed by atoms with E-state index in [0.29, 0.717) is 5.82 Å². The quantitative estimate of drug-likeness (QED) is 0.882. The molecule has 2 N–H and O–H groups in total. The van der Waals surface area contributed by atoms with E-state index in [4.69, 9.17) is 5.11 Å². The molecule has 2 aromatic rings. The average molecular weight is 337 g/mol. The molecule has 0 radical (unpaired) electrons. The van der Waals surface area contributed by atoms with Gasteiger partial charge in [-0.05, 0) is 12.1 Å². The third kappa shape index (κ3) is 3.16. The molecule has 1 aliphatic rings. The number of hydrogen-bond donors (Lipinski definition) is 2. The maximum absolute atomic E-state index is 13.4. The van der Waals surface area contributed by atoms with Crippen molar-refractivity contribution in [1.29, 1.82) is 0 Å². The van der Waals surface area contributed by atoms with Crippen molar-refractivity contribution in [2.75, 3.05) is 11.9 Å². The minimum atomic E-state index is -1.38. The third-order valence-corrected chi connectivity index (χ3v) is 3.59. The van der Waals surface area contributed by atoms with E-state index >= 15 is 0 Å². The van der Waals surface area contributed by atoms with Gasteiger partial charge >= 0.3 is 6.09 Å². The topological polar surface area (TPSA) is 100 Å². The van der Waals surface area contributed by atoms with E-state index in [-0.39, 0.29) is 18.8 Å². The molecular weight excluding hydrogens is 324 g/mol. The number of alkyl halides is 1. The zero-order valence-electron chi connectivity index (χ0n) is 12.3. The smallest absolute Gasteiger partial charge is 0.408 e. The van der Waals surface area contributed by atoms with Crippen molar-refractivity contribution in [2.45, 2.75) is 18.6 Å². The van der Waals surface area contributed by atoms with E-state index in [2.05, 4.69) is 15.4 Å². The summed E-state index contributed by atoms with van der Waals surface area (Å²) in [6.07, 6.45) is -0.399. The minimum absolute atomic E-state index is 0.152. The number of hydrogen-bond acceptors (Lipinski definition) is 4. The van der Waals surface area contributed by atoms with Crippen LogP contribution in [-0.2, 0) is 4.79 Å². The van der Waals surface area contributed by atoms with Crippen molar-refractivity contribution in [3.63, 3.8) is 0 Å². The van der Waals surface area contributed by atoms with Crippen LogP contribution >= 0.6 is 0 Å². The Labute approximate surface area is 134 Å². The molecule has 3 heterocycles. The number of carbonyl (C=O) groups excluding carboxylic acids is 1. The maximum atomic E-state index is 13.4. The number of nitrogens with one attached hydrogen (secondary N) is 1. The van der Waals surface area contributed by atoms with E-state index in [9.17, 15) is 18.4 Å². The van der Waals surface area contributed by atoms with Crippen molar-refractivity contribution in [1.82, 2.24) is 19.7 Å². The summed E-state index contributed by atoms with van der Waals surface area (Å²) in [5, 5.41) is 15.5. The number of pyridine rings is 1. The minimum Gasteiger partial charge on any atom is -0.465 e. The Morgan fingerprint density at radius 2 is 2.12 bits per heavy atom. The molecule has 8 nitrogen and oxygen atoms in total. The highest BCUT2D eigenvalue weighted by Crippen LogP contribution is 2.22. The molecule has 0 unspecified atom stereocenters. The molecule has 0 aromatic carbocycles. The van der Waals surface area contributed by atoms with E-state index < -0.39 is 30.0 Å². The second kappa shape index (κ2) is 6.22. The van der Waals surface area contributed by atoms with Crippen LogP contribution in [-0.4, -0.2) is 55.5 Å². The van der Waals surface area contributed by atoms with Crippen molar-refractivity contribution in [2.24, 2.45) is 0 Å². The first-order valence-corrected chi connectivity index (χ1v) is 7.06. The molecule has 0 bridgehead atoms. The maximum Gasteiger partial charge on any atom is 0.408 e. The Hall–Kier alpha value is -3.04. The highest BCUT2D eigenvalue weighted by atomic mass is 19.1. The Morgan fingerprint density at radius 3 is 2.79 bits per heavy atom. The fourth-order valence-corrected chi connectivity index (χ4v) is 2.48. The molecule has 0 saturated carbocycles. The number of anilines is 1. The lowest BCUT2D eigenvalue weighted by atomic mass is 10.2. The molecule has 2 atom stereocenters. The van der Waals surface area contributed by atoms with E-state index in [0.717, 1.165) is 11.1 Å². The SMILES string of the molecule is O=C(Nc1ccn(-c2ccc(F)cn2)n1)[C@@H]1C[C@@H](F)CN1C(=O)O. The molecule has 0 spiro atoms. The molecule has 3 rings (SSSR count). The number of rotatable bonds is 3. The van der Waals surface area contributed by atoms with Crippen LogP contribution in [0, 0.1) is 5.82 Å². The van der Waals surface area contributed by atoms with Gasteiger partial charge < -0.3 is 10.4 Å². The molecule has 1 saturated heterocycles. The molecule has 126 valence electrons. The molecule has 0 aliphatic carbocycles. The highest BCUT2D eigenvalue weighted by Gasteiger charge is 2.40. The lowest BCUT2D eigenvalue weighted by molar-refractivity contribution is -0.120. The van der Waals surface area contributed by atoms with Crippen LogP contribution in [0.25, 0.3) is 5.82 Å². The van der Waals surface area contributed by atoms with Crippen LogP contribution in [0.1, 0.15) is 6.42 Å². The highest BCUT2D eigenvalue weighted by molar-refractivity contribution is 5.96. The van der Waals surface area contributed by atoms with Crippen LogP contribution in [0.15, 0.2) is 30.6 Å². The van der Waals surface area contributed by atoms with Crippen molar-refractivity contribution >= 4 is 17.8 Å². The zero-order valence-corrected chi connectivity index (χ0v) is 12.3. The number of carbonyl (C=O) groups is 2. The monoisotopic (exact) mass is 337 g/mol. The van der Waals surface area contributed by atoms with Gasteiger partial charge in [0.05, 0.1) is 12.7 Å². The van der Waals surface area contributed by atoms with Gasteiger partial charge in [-0.3, -0.25) is 9.69 Å². The van der Waals surface area contributed by atoms with Gasteiger partial charge in [-0.2, -0.15) is 0 Å². The van der Waals surface area contributed by atoms with Crippen LogP contribution < -0.4 is 5.32 Å². The van der Waals surface area contributed by atoms with Crippen molar-refractivity contribution in [3.05, 3.63) is 36.4 Å². The van der Waals surface area contributed by atoms with Gasteiger partial charge in [-0.25, -0.2) is 23.2 Å². The summed E-state index contributed by atoms with van der Waals surface area (Å²) in [6.45, 7) is -0.332. The van der Waals surface area contributed by atoms with E-state index in [1.165, 1.54) is 29.1 Å². The van der Waals surface area contributed by atoms with E-state index in [1.54, 1.807) is 0 Å². The number of carboxylic acid groups (broad SMARTS) is 1. The number of nitrogens with zero attached hydrogens (tertiary/aromatic N) is 4. The fourth-order valence-electron chi connectivity index (χ4n) is 2.48. The summed E-state index contributed by atoms with van der Waals surface area (Å²) in [7, 11) is 0. The van der Waals surface area contributed by atoms with Gasteiger partial charge in [-0.15, -0.1) is 5.10 Å². The van der Waals surface area contributed by atoms with Gasteiger partial charge in [0.1, 0.15) is 18.0 Å². The van der Waals surface area contributed by atoms with Gasteiger partial charge in [0, 0.05) is 18.7 Å². The molecule has 10 heteroatoms. The Bertz CT molecular complexity index is 764. The lowest BCUT2D eigenvalue weighted by Gasteiger charge is -2.19. The average Bonchev–Trinajstić information content (AvgIpc) is 3.15. The van der Waals surface area contributed by atoms with Gasteiger partial charge in [0.2, 0.25) is 5.91 Å². The van der Waals surface area contributed by atoms with Gasteiger partial charge in [0.15, 0.2) is 11.6 Å². The fraction of sp³-hybridized carbons (Fsp3) is 0.286. The summed E-state index contributed by atoms with van der Waals surface area (Å²) in [5.41, 5.74) is 0. The second-order valence-corrected chi connectivity index (χ2v) is 5.25. The first kappa shape index (κ1) is 15.8. The van der Waals surface area contributed by atoms with Crippen LogP contribution in [0.3, 0.4) is 0 Å². The van der Waals surface area contributed by atoms with Crippen LogP contribution in [0.5, 0.6) is 0 Å². The lowest BCUT2D eigenvalue weighted by Crippen LogP contribution is -2.42. The van der Waals surface area contributed by atoms with Crippen LogP contribution in [0.2, 0.25) is 0 Å². The summed E-state index contributed by atoms with van der Waals surface area (Å²) >= 11 is 0. The van der Waals surface area contributed by atoms with Gasteiger partial charge in [0.25, 0.3) is 0 Å². The largest absolute Gasteiger partial charge is 0.465 e. The molecular formula is C14H13F2N5O3. The molecule has 2 amide bonds. The normalized spacial score (nSPS) is 20.2. The van der Waals surface area contributed by atoms with Gasteiger partial charge in [-0.1, -0.05) is 0 Å². The first-order chi connectivity index (χ1) is 11.4. The van der Waals surface area contributed by atoms with E-state index in [1.807, 2.05) is 0 Å². The molecule has 1 fully saturated rings. The standard InChI is InChI=1S/C14H13F2N5O3/c15-8-1-2-12(17-6-8)21-4-3-11(19-21)18-13(22)10-5-9(16)7-20(10)14(23)24/h1-4,6,9-10H,5,7H2,(H,23,24)(H,18,19,22)/t9-,10+/m1/s1. The number of aromatic nitrogens is 3. The predicted molar refractivity (Wildman–Crippen MR) is 78.0 cm³/mol. The summed E-state index contributed by atoms with van der Waals surface area (Å²) in [5.74, 6) is -0.655. The zero-order chi connectivity index (χ0) is 17.3. The molecule has 2 aromatic heterocycles. The van der Waals surface area contributed by atoms with Crippen LogP contribution in [0.4, 0.5) is 19.4 Å². The summed E-state index contributed by atoms with van der Waals surface area (Å²) < 4.78 is 27.6. The Kier molecular flexibility index (Phi) is 4.11. The molecule has 24 heavy (non-hydrogen) atoms. The summed E-state index contributed by atoms with van der Waals surface area (Å²) in [4.78, 5) is 27.8. The Morgan fingerprint density at radius 1 is 1.33 bits per heavy atom. The van der Waals surface area contributed by atoms with Crippen molar-refractivity contribution < 1.29 is 23.5 Å². The molecule has 1 aliphatic heterocycles. The number of amides is 2. The van der Waals surface area contributed by atoms with Crippen molar-refractivity contribution in [3.8, 4) is 5.82 Å². The summed E-state index contributed by atoms with van der Waals surface area (Å²) in [6, 6.07) is 2.99. The third-order valence-electron chi connectivity index (χ3n) is 3.59. The Balaban J connectivity index is 1.71.